The Morgan fingerprint density at radius 3 is 2.56 bits per heavy atom. The summed E-state index contributed by atoms with van der Waals surface area (Å²) in [6.45, 7) is 0. The average Bonchev–Trinajstić information content (AvgIpc) is 3.36. The molecule has 1 saturated carbocycles. The molecule has 9 heteroatoms. The zero-order valence-corrected chi connectivity index (χ0v) is 14.8. The van der Waals surface area contributed by atoms with Crippen molar-refractivity contribution in [2.24, 2.45) is 7.05 Å². The Hall–Kier alpha value is -2.61. The zero-order chi connectivity index (χ0) is 19.5. The maximum absolute atomic E-state index is 12.9. The van der Waals surface area contributed by atoms with Crippen LogP contribution in [0.3, 0.4) is 0 Å². The van der Waals surface area contributed by atoms with Gasteiger partial charge in [0, 0.05) is 30.2 Å². The van der Waals surface area contributed by atoms with E-state index >= 15 is 0 Å². The highest BCUT2D eigenvalue weighted by molar-refractivity contribution is 6.32. The van der Waals surface area contributed by atoms with Crippen molar-refractivity contribution in [1.82, 2.24) is 14.3 Å². The first kappa shape index (κ1) is 17.8. The molecule has 27 heavy (non-hydrogen) atoms. The van der Waals surface area contributed by atoms with Crippen LogP contribution in [0.4, 0.5) is 13.2 Å². The predicted molar refractivity (Wildman–Crippen MR) is 93.1 cm³/mol. The van der Waals surface area contributed by atoms with Crippen LogP contribution in [-0.4, -0.2) is 20.1 Å². The fourth-order valence-corrected chi connectivity index (χ4v) is 3.42. The number of aryl methyl sites for hydroxylation is 1. The van der Waals surface area contributed by atoms with Gasteiger partial charge in [-0.3, -0.25) is 14.3 Å². The highest BCUT2D eigenvalue weighted by atomic mass is 35.5. The second-order valence-electron chi connectivity index (χ2n) is 6.52. The van der Waals surface area contributed by atoms with E-state index in [-0.39, 0.29) is 28.4 Å². The van der Waals surface area contributed by atoms with E-state index in [1.54, 1.807) is 16.8 Å². The largest absolute Gasteiger partial charge is 0.417 e. The summed E-state index contributed by atoms with van der Waals surface area (Å²) >= 11 is 5.72. The lowest BCUT2D eigenvalue weighted by atomic mass is 10.0. The number of nitrogens with zero attached hydrogens (tertiary/aromatic N) is 3. The van der Waals surface area contributed by atoms with E-state index in [9.17, 15) is 22.8 Å². The molecule has 1 aromatic carbocycles. The third-order valence-corrected chi connectivity index (χ3v) is 4.93. The molecule has 0 aliphatic heterocycles. The minimum Gasteiger partial charge on any atom is -0.311 e. The fourth-order valence-electron chi connectivity index (χ4n) is 3.13. The first-order chi connectivity index (χ1) is 12.7. The van der Waals surface area contributed by atoms with Crippen LogP contribution in [-0.2, 0) is 13.2 Å². The summed E-state index contributed by atoms with van der Waals surface area (Å²) in [4.78, 5) is 25.5. The first-order valence-corrected chi connectivity index (χ1v) is 8.55. The molecule has 4 rings (SSSR count). The highest BCUT2D eigenvalue weighted by Gasteiger charge is 2.34. The van der Waals surface area contributed by atoms with E-state index in [2.05, 4.69) is 5.10 Å². The van der Waals surface area contributed by atoms with E-state index in [0.717, 1.165) is 31.0 Å². The number of rotatable bonds is 3. The first-order valence-electron chi connectivity index (χ1n) is 8.18. The summed E-state index contributed by atoms with van der Waals surface area (Å²) in [5.74, 6) is -0.556. The van der Waals surface area contributed by atoms with Crippen molar-refractivity contribution in [3.8, 4) is 0 Å². The Morgan fingerprint density at radius 1 is 1.26 bits per heavy atom. The van der Waals surface area contributed by atoms with Crippen molar-refractivity contribution < 1.29 is 18.0 Å². The van der Waals surface area contributed by atoms with Crippen LogP contribution in [0.2, 0.25) is 5.02 Å². The van der Waals surface area contributed by atoms with Crippen molar-refractivity contribution >= 4 is 28.3 Å². The Kier molecular flexibility index (Phi) is 3.92. The number of pyridine rings is 1. The van der Waals surface area contributed by atoms with Gasteiger partial charge < -0.3 is 4.57 Å². The minimum atomic E-state index is -4.61. The second-order valence-corrected chi connectivity index (χ2v) is 6.92. The normalized spacial score (nSPS) is 14.7. The minimum absolute atomic E-state index is 0.00993. The molecule has 0 spiro atoms. The van der Waals surface area contributed by atoms with Gasteiger partial charge >= 0.3 is 6.18 Å². The molecule has 2 aromatic heterocycles. The fraction of sp³-hybridized carbons (Fsp3) is 0.278. The van der Waals surface area contributed by atoms with Crippen molar-refractivity contribution in [2.75, 3.05) is 0 Å². The van der Waals surface area contributed by atoms with Crippen LogP contribution in [0.15, 0.2) is 35.3 Å². The van der Waals surface area contributed by atoms with E-state index in [1.165, 1.54) is 11.7 Å². The standard InChI is InChI=1S/C18H13ClF3N3O2/c1-24-15(11-6-7-25(10-3-4-10)17(27)14(11)23-24)16(26)9-2-5-12(13(19)8-9)18(20,21)22/h2,5-8,10H,3-4H2,1H3. The smallest absolute Gasteiger partial charge is 0.311 e. The van der Waals surface area contributed by atoms with Crippen LogP contribution in [0.5, 0.6) is 0 Å². The summed E-state index contributed by atoms with van der Waals surface area (Å²) in [5, 5.41) is 3.96. The maximum atomic E-state index is 12.9. The molecule has 3 aromatic rings. The zero-order valence-electron chi connectivity index (χ0n) is 14.0. The Bertz CT molecular complexity index is 1140. The Labute approximate surface area is 156 Å². The lowest BCUT2D eigenvalue weighted by molar-refractivity contribution is -0.137. The molecule has 0 unspecified atom stereocenters. The monoisotopic (exact) mass is 395 g/mol. The van der Waals surface area contributed by atoms with Gasteiger partial charge in [-0.1, -0.05) is 17.7 Å². The third-order valence-electron chi connectivity index (χ3n) is 4.61. The Balaban J connectivity index is 1.81. The number of fused-ring (bicyclic) bond motifs is 1. The van der Waals surface area contributed by atoms with Crippen molar-refractivity contribution in [1.29, 1.82) is 0 Å². The van der Waals surface area contributed by atoms with E-state index in [4.69, 9.17) is 11.6 Å². The summed E-state index contributed by atoms with van der Waals surface area (Å²) in [6.07, 6.45) is -1.13. The second kappa shape index (κ2) is 5.95. The lowest BCUT2D eigenvalue weighted by Crippen LogP contribution is -2.18. The van der Waals surface area contributed by atoms with Crippen LogP contribution >= 0.6 is 11.6 Å². The molecule has 5 nitrogen and oxygen atoms in total. The van der Waals surface area contributed by atoms with Gasteiger partial charge in [0.15, 0.2) is 5.52 Å². The van der Waals surface area contributed by atoms with Gasteiger partial charge in [-0.15, -0.1) is 0 Å². The number of hydrogen-bond acceptors (Lipinski definition) is 3. The maximum Gasteiger partial charge on any atom is 0.417 e. The molecule has 1 aliphatic rings. The highest BCUT2D eigenvalue weighted by Crippen LogP contribution is 2.36. The van der Waals surface area contributed by atoms with Crippen LogP contribution < -0.4 is 5.56 Å². The van der Waals surface area contributed by atoms with Gasteiger partial charge in [-0.2, -0.15) is 18.3 Å². The molecule has 0 saturated heterocycles. The van der Waals surface area contributed by atoms with Crippen molar-refractivity contribution in [2.45, 2.75) is 25.1 Å². The molecule has 0 amide bonds. The predicted octanol–water partition coefficient (Wildman–Crippen LogP) is 3.97. The summed E-state index contributed by atoms with van der Waals surface area (Å²) in [6, 6.07) is 4.63. The SMILES string of the molecule is Cn1nc2c(=O)n(C3CC3)ccc2c1C(=O)c1ccc(C(F)(F)F)c(Cl)c1. The summed E-state index contributed by atoms with van der Waals surface area (Å²) < 4.78 is 41.4. The molecule has 2 heterocycles. The molecule has 140 valence electrons. The average molecular weight is 396 g/mol. The van der Waals surface area contributed by atoms with Gasteiger partial charge in [0.05, 0.1) is 10.6 Å². The number of hydrogen-bond donors (Lipinski definition) is 0. The van der Waals surface area contributed by atoms with Gasteiger partial charge in [-0.25, -0.2) is 0 Å². The molecular formula is C18H13ClF3N3O2. The van der Waals surface area contributed by atoms with Crippen LogP contribution in [0, 0.1) is 0 Å². The molecule has 1 aliphatic carbocycles. The van der Waals surface area contributed by atoms with Gasteiger partial charge in [-0.05, 0) is 31.0 Å². The number of benzene rings is 1. The van der Waals surface area contributed by atoms with Crippen LogP contribution in [0.25, 0.3) is 10.9 Å². The summed E-state index contributed by atoms with van der Waals surface area (Å²) in [5.41, 5.74) is -1.02. The summed E-state index contributed by atoms with van der Waals surface area (Å²) in [7, 11) is 1.51. The van der Waals surface area contributed by atoms with E-state index < -0.39 is 22.5 Å². The Morgan fingerprint density at radius 2 is 1.96 bits per heavy atom. The van der Waals surface area contributed by atoms with E-state index in [0.29, 0.717) is 5.39 Å². The number of halogens is 4. The molecule has 0 N–H and O–H groups in total. The van der Waals surface area contributed by atoms with Crippen molar-refractivity contribution in [3.63, 3.8) is 0 Å². The number of ketones is 1. The molecule has 0 atom stereocenters. The quantitative estimate of drug-likeness (QED) is 0.630. The number of carbonyl (C=O) groups excluding carboxylic acids is 1. The number of carbonyl (C=O) groups is 1. The van der Waals surface area contributed by atoms with E-state index in [1.807, 2.05) is 0 Å². The lowest BCUT2D eigenvalue weighted by Gasteiger charge is -2.10. The van der Waals surface area contributed by atoms with Gasteiger partial charge in [0.2, 0.25) is 5.78 Å². The molecular weight excluding hydrogens is 383 g/mol. The molecule has 0 radical (unpaired) electrons. The topological polar surface area (TPSA) is 56.9 Å². The van der Waals surface area contributed by atoms with Crippen molar-refractivity contribution in [3.05, 3.63) is 62.7 Å². The van der Waals surface area contributed by atoms with Gasteiger partial charge in [0.25, 0.3) is 5.56 Å². The molecule has 1 fully saturated rings. The molecule has 0 bridgehead atoms. The number of alkyl halides is 3. The number of aromatic nitrogens is 3. The third kappa shape index (κ3) is 2.93. The van der Waals surface area contributed by atoms with Gasteiger partial charge in [0.1, 0.15) is 5.69 Å². The van der Waals surface area contributed by atoms with Crippen LogP contribution in [0.1, 0.15) is 40.5 Å².